The molecule has 0 atom stereocenters. The number of hydrogen-bond acceptors (Lipinski definition) is 4. The fraction of sp³-hybridized carbons (Fsp3) is 0.533. The van der Waals surface area contributed by atoms with Crippen LogP contribution in [0.2, 0.25) is 0 Å². The van der Waals surface area contributed by atoms with Crippen LogP contribution in [-0.2, 0) is 21.7 Å². The maximum absolute atomic E-state index is 11.0. The summed E-state index contributed by atoms with van der Waals surface area (Å²) in [5.74, 6) is 0.223. The van der Waals surface area contributed by atoms with Gasteiger partial charge in [0.1, 0.15) is 11.5 Å². The van der Waals surface area contributed by atoms with Gasteiger partial charge in [-0.15, -0.1) is 0 Å². The number of aromatic hydroxyl groups is 2. The molecule has 34 heavy (non-hydrogen) atoms. The normalized spacial score (nSPS) is 12.6. The summed E-state index contributed by atoms with van der Waals surface area (Å²) in [6, 6.07) is 7.56. The Morgan fingerprint density at radius 3 is 0.941 bits per heavy atom. The number of rotatable bonds is 2. The summed E-state index contributed by atoms with van der Waals surface area (Å²) in [4.78, 5) is 22.1. The molecule has 0 aliphatic carbocycles. The smallest absolute Gasteiger partial charge is 0.153 e. The van der Waals surface area contributed by atoms with Crippen LogP contribution >= 0.6 is 0 Å². The van der Waals surface area contributed by atoms with E-state index in [0.29, 0.717) is 11.1 Å². The molecule has 2 rings (SSSR count). The molecule has 2 N–H and O–H groups in total. The standard InChI is InChI=1S/2C15H22O2/c2*1-14(2,3)11-7-10(9-16)13(17)12(8-11)15(4,5)6/h2*7-9,17H,1-6H3. The predicted molar refractivity (Wildman–Crippen MR) is 142 cm³/mol. The van der Waals surface area contributed by atoms with E-state index >= 15 is 0 Å². The zero-order chi connectivity index (χ0) is 26.9. The molecule has 0 aromatic heterocycles. The highest BCUT2D eigenvalue weighted by molar-refractivity contribution is 5.81. The number of phenolic OH excluding ortho intramolecular Hbond substituents is 2. The summed E-state index contributed by atoms with van der Waals surface area (Å²) in [5, 5.41) is 20.2. The van der Waals surface area contributed by atoms with Crippen molar-refractivity contribution in [3.8, 4) is 11.5 Å². The molecule has 0 fully saturated rings. The minimum Gasteiger partial charge on any atom is -0.507 e. The molecule has 2 aromatic rings. The van der Waals surface area contributed by atoms with Crippen molar-refractivity contribution in [3.05, 3.63) is 57.6 Å². The number of carbonyl (C=O) groups excluding carboxylic acids is 2. The molecule has 0 spiro atoms. The zero-order valence-electron chi connectivity index (χ0n) is 23.2. The van der Waals surface area contributed by atoms with E-state index in [1.54, 1.807) is 12.1 Å². The SMILES string of the molecule is CC(C)(C)c1cc(C=O)c(O)c(C(C)(C)C)c1.CC(C)(C)c1cc(C=O)c(O)c(C(C)(C)C)c1. The van der Waals surface area contributed by atoms with Gasteiger partial charge in [-0.25, -0.2) is 0 Å². The first-order valence-electron chi connectivity index (χ1n) is 11.8. The average molecular weight is 469 g/mol. The molecule has 0 aliphatic rings. The van der Waals surface area contributed by atoms with Crippen molar-refractivity contribution in [1.82, 2.24) is 0 Å². The van der Waals surface area contributed by atoms with Crippen molar-refractivity contribution < 1.29 is 19.8 Å². The average Bonchev–Trinajstić information content (AvgIpc) is 2.65. The Bertz CT molecular complexity index is 948. The van der Waals surface area contributed by atoms with Crippen molar-refractivity contribution in [2.45, 2.75) is 105 Å². The van der Waals surface area contributed by atoms with Crippen molar-refractivity contribution in [3.63, 3.8) is 0 Å². The molecule has 0 saturated carbocycles. The van der Waals surface area contributed by atoms with Crippen LogP contribution in [0.4, 0.5) is 0 Å². The highest BCUT2D eigenvalue weighted by Crippen LogP contribution is 2.38. The van der Waals surface area contributed by atoms with Gasteiger partial charge in [0.05, 0.1) is 11.1 Å². The van der Waals surface area contributed by atoms with Crippen molar-refractivity contribution >= 4 is 12.6 Å². The molecule has 0 heterocycles. The molecule has 0 saturated heterocycles. The lowest BCUT2D eigenvalue weighted by Crippen LogP contribution is -2.17. The van der Waals surface area contributed by atoms with Gasteiger partial charge in [-0.3, -0.25) is 9.59 Å². The van der Waals surface area contributed by atoms with E-state index in [1.807, 2.05) is 53.7 Å². The van der Waals surface area contributed by atoms with Crippen molar-refractivity contribution in [2.24, 2.45) is 0 Å². The lowest BCUT2D eigenvalue weighted by Gasteiger charge is -2.26. The first kappa shape index (κ1) is 29.4. The number of phenols is 2. The fourth-order valence-corrected chi connectivity index (χ4v) is 3.50. The molecule has 4 heteroatoms. The van der Waals surface area contributed by atoms with E-state index in [2.05, 4.69) is 41.5 Å². The van der Waals surface area contributed by atoms with Crippen molar-refractivity contribution in [1.29, 1.82) is 0 Å². The third-order valence-electron chi connectivity index (χ3n) is 5.88. The van der Waals surface area contributed by atoms with Gasteiger partial charge in [0.25, 0.3) is 0 Å². The Morgan fingerprint density at radius 2 is 0.765 bits per heavy atom. The molecule has 0 bridgehead atoms. The van der Waals surface area contributed by atoms with Crippen LogP contribution in [0, 0.1) is 0 Å². The van der Waals surface area contributed by atoms with Gasteiger partial charge in [0.15, 0.2) is 12.6 Å². The van der Waals surface area contributed by atoms with E-state index in [0.717, 1.165) is 34.8 Å². The Labute approximate surface area is 206 Å². The first-order valence-corrected chi connectivity index (χ1v) is 11.8. The quantitative estimate of drug-likeness (QED) is 0.445. The minimum atomic E-state index is -0.177. The summed E-state index contributed by atoms with van der Waals surface area (Å²) >= 11 is 0. The van der Waals surface area contributed by atoms with Crippen LogP contribution in [0.15, 0.2) is 24.3 Å². The third-order valence-corrected chi connectivity index (χ3v) is 5.88. The number of aldehydes is 2. The van der Waals surface area contributed by atoms with Gasteiger partial charge < -0.3 is 10.2 Å². The number of carbonyl (C=O) groups is 2. The summed E-state index contributed by atoms with van der Waals surface area (Å²) in [6.45, 7) is 24.8. The third kappa shape index (κ3) is 7.19. The van der Waals surface area contributed by atoms with Gasteiger partial charge in [-0.05, 0) is 44.9 Å². The molecule has 188 valence electrons. The Hall–Kier alpha value is -2.62. The fourth-order valence-electron chi connectivity index (χ4n) is 3.50. The van der Waals surface area contributed by atoms with Crippen LogP contribution in [0.5, 0.6) is 11.5 Å². The minimum absolute atomic E-state index is 0.0362. The molecule has 4 nitrogen and oxygen atoms in total. The van der Waals surface area contributed by atoms with Crippen LogP contribution in [0.25, 0.3) is 0 Å². The second-order valence-electron chi connectivity index (χ2n) is 13.2. The van der Waals surface area contributed by atoms with E-state index in [4.69, 9.17) is 0 Å². The second kappa shape index (κ2) is 9.93. The first-order chi connectivity index (χ1) is 15.1. The van der Waals surface area contributed by atoms with E-state index in [9.17, 15) is 19.8 Å². The highest BCUT2D eigenvalue weighted by atomic mass is 16.3. The van der Waals surface area contributed by atoms with Gasteiger partial charge in [-0.2, -0.15) is 0 Å². The monoisotopic (exact) mass is 468 g/mol. The van der Waals surface area contributed by atoms with E-state index in [-0.39, 0.29) is 33.2 Å². The van der Waals surface area contributed by atoms with Crippen LogP contribution < -0.4 is 0 Å². The molecule has 2 aromatic carbocycles. The van der Waals surface area contributed by atoms with Gasteiger partial charge in [0.2, 0.25) is 0 Å². The topological polar surface area (TPSA) is 74.6 Å². The summed E-state index contributed by atoms with van der Waals surface area (Å²) in [6.07, 6.45) is 1.44. The maximum atomic E-state index is 11.0. The summed E-state index contributed by atoms with van der Waals surface area (Å²) < 4.78 is 0. The second-order valence-corrected chi connectivity index (χ2v) is 13.2. The molecule has 0 amide bonds. The van der Waals surface area contributed by atoms with Gasteiger partial charge >= 0.3 is 0 Å². The van der Waals surface area contributed by atoms with Gasteiger partial charge in [-0.1, -0.05) is 95.2 Å². The maximum Gasteiger partial charge on any atom is 0.153 e. The van der Waals surface area contributed by atoms with Crippen molar-refractivity contribution in [2.75, 3.05) is 0 Å². The lowest BCUT2D eigenvalue weighted by atomic mass is 9.79. The number of hydrogen-bond donors (Lipinski definition) is 2. The molecular formula is C30H44O4. The number of benzene rings is 2. The lowest BCUT2D eigenvalue weighted by molar-refractivity contribution is 0.111. The predicted octanol–water partition coefficient (Wildman–Crippen LogP) is 7.60. The Balaban J connectivity index is 0.000000340. The molecule has 0 aliphatic heterocycles. The Morgan fingerprint density at radius 1 is 0.500 bits per heavy atom. The van der Waals surface area contributed by atoms with E-state index in [1.165, 1.54) is 0 Å². The summed E-state index contributed by atoms with van der Waals surface area (Å²) in [5.41, 5.74) is 4.12. The zero-order valence-corrected chi connectivity index (χ0v) is 23.2. The highest BCUT2D eigenvalue weighted by Gasteiger charge is 2.25. The van der Waals surface area contributed by atoms with E-state index < -0.39 is 0 Å². The Kier molecular flexibility index (Phi) is 8.59. The molecule has 0 unspecified atom stereocenters. The largest absolute Gasteiger partial charge is 0.507 e. The molecular weight excluding hydrogens is 424 g/mol. The molecule has 0 radical (unpaired) electrons. The van der Waals surface area contributed by atoms with Crippen LogP contribution in [-0.4, -0.2) is 22.8 Å². The summed E-state index contributed by atoms with van der Waals surface area (Å²) in [7, 11) is 0. The van der Waals surface area contributed by atoms with Crippen LogP contribution in [0.1, 0.15) is 126 Å². The van der Waals surface area contributed by atoms with Gasteiger partial charge in [0, 0.05) is 11.1 Å². The van der Waals surface area contributed by atoms with Crippen LogP contribution in [0.3, 0.4) is 0 Å².